The van der Waals surface area contributed by atoms with Crippen molar-refractivity contribution < 1.29 is 4.42 Å². The minimum Gasteiger partial charge on any atom is -0.444 e. The normalized spacial score (nSPS) is 11.5. The third-order valence-electron chi connectivity index (χ3n) is 3.25. The van der Waals surface area contributed by atoms with Crippen molar-refractivity contribution >= 4 is 5.96 Å². The van der Waals surface area contributed by atoms with Crippen LogP contribution in [0.1, 0.15) is 28.5 Å². The largest absolute Gasteiger partial charge is 0.444 e. The van der Waals surface area contributed by atoms with Crippen LogP contribution in [0.3, 0.4) is 0 Å². The van der Waals surface area contributed by atoms with E-state index in [1.54, 1.807) is 7.05 Å². The molecule has 1 aromatic carbocycles. The molecular formula is C16H22N4O. The second-order valence-electron chi connectivity index (χ2n) is 5.02. The topological polar surface area (TPSA) is 62.5 Å². The van der Waals surface area contributed by atoms with Crippen molar-refractivity contribution in [3.63, 3.8) is 0 Å². The number of hydrogen-bond acceptors (Lipinski definition) is 3. The Bertz CT molecular complexity index is 611. The fraction of sp³-hybridized carbons (Fsp3) is 0.375. The monoisotopic (exact) mass is 286 g/mol. The Morgan fingerprint density at radius 3 is 2.57 bits per heavy atom. The van der Waals surface area contributed by atoms with E-state index in [2.05, 4.69) is 51.8 Å². The summed E-state index contributed by atoms with van der Waals surface area (Å²) in [5, 5.41) is 6.47. The van der Waals surface area contributed by atoms with E-state index < -0.39 is 0 Å². The van der Waals surface area contributed by atoms with Gasteiger partial charge in [-0.15, -0.1) is 0 Å². The van der Waals surface area contributed by atoms with Gasteiger partial charge in [-0.05, 0) is 26.3 Å². The summed E-state index contributed by atoms with van der Waals surface area (Å²) in [6.07, 6.45) is 0. The van der Waals surface area contributed by atoms with Crippen LogP contribution < -0.4 is 10.6 Å². The summed E-state index contributed by atoms with van der Waals surface area (Å²) >= 11 is 0. The summed E-state index contributed by atoms with van der Waals surface area (Å²) in [7, 11) is 1.75. The second kappa shape index (κ2) is 6.92. The maximum absolute atomic E-state index is 5.53. The molecule has 112 valence electrons. The highest BCUT2D eigenvalue weighted by Crippen LogP contribution is 2.07. The number of guanidine groups is 1. The van der Waals surface area contributed by atoms with Gasteiger partial charge in [0, 0.05) is 13.6 Å². The lowest BCUT2D eigenvalue weighted by molar-refractivity contribution is 0.463. The fourth-order valence-electron chi connectivity index (χ4n) is 2.00. The number of aliphatic imine (C=N–C) groups is 1. The molecule has 0 fully saturated rings. The molecule has 1 heterocycles. The summed E-state index contributed by atoms with van der Waals surface area (Å²) < 4.78 is 5.53. The lowest BCUT2D eigenvalue weighted by Crippen LogP contribution is -2.36. The molecule has 0 saturated carbocycles. The highest BCUT2D eigenvalue weighted by atomic mass is 16.4. The Balaban J connectivity index is 1.86. The number of nitrogens with zero attached hydrogens (tertiary/aromatic N) is 2. The van der Waals surface area contributed by atoms with Crippen molar-refractivity contribution in [3.8, 4) is 0 Å². The zero-order valence-electron chi connectivity index (χ0n) is 13.0. The van der Waals surface area contributed by atoms with E-state index >= 15 is 0 Å². The number of oxazole rings is 1. The molecule has 0 aliphatic heterocycles. The third kappa shape index (κ3) is 4.34. The van der Waals surface area contributed by atoms with Gasteiger partial charge < -0.3 is 15.1 Å². The molecule has 5 nitrogen and oxygen atoms in total. The van der Waals surface area contributed by atoms with Crippen LogP contribution in [0.4, 0.5) is 0 Å². The minimum atomic E-state index is 0.516. The number of benzene rings is 1. The van der Waals surface area contributed by atoms with Crippen molar-refractivity contribution in [2.24, 2.45) is 4.99 Å². The highest BCUT2D eigenvalue weighted by molar-refractivity contribution is 5.79. The predicted octanol–water partition coefficient (Wildman–Crippen LogP) is 2.47. The van der Waals surface area contributed by atoms with Crippen molar-refractivity contribution in [3.05, 3.63) is 52.7 Å². The zero-order valence-corrected chi connectivity index (χ0v) is 13.0. The molecule has 0 aliphatic carbocycles. The number of nitrogens with one attached hydrogen (secondary N) is 2. The van der Waals surface area contributed by atoms with Gasteiger partial charge in [0.15, 0.2) is 5.96 Å². The van der Waals surface area contributed by atoms with Gasteiger partial charge in [0.1, 0.15) is 5.76 Å². The first-order valence-electron chi connectivity index (χ1n) is 7.01. The van der Waals surface area contributed by atoms with Gasteiger partial charge in [-0.2, -0.15) is 0 Å². The number of hydrogen-bond donors (Lipinski definition) is 2. The SMILES string of the molecule is CN=C(NCc1cccc(C)c1)NCc1nc(C)c(C)o1. The van der Waals surface area contributed by atoms with Gasteiger partial charge in [0.05, 0.1) is 12.2 Å². The van der Waals surface area contributed by atoms with E-state index in [-0.39, 0.29) is 0 Å². The van der Waals surface area contributed by atoms with Crippen molar-refractivity contribution in [1.82, 2.24) is 15.6 Å². The first-order chi connectivity index (χ1) is 10.1. The Kier molecular flexibility index (Phi) is 4.98. The highest BCUT2D eigenvalue weighted by Gasteiger charge is 2.06. The summed E-state index contributed by atoms with van der Waals surface area (Å²) in [5.74, 6) is 2.25. The summed E-state index contributed by atoms with van der Waals surface area (Å²) in [6, 6.07) is 8.39. The molecule has 0 spiro atoms. The molecular weight excluding hydrogens is 264 g/mol. The van der Waals surface area contributed by atoms with E-state index in [9.17, 15) is 0 Å². The number of aromatic nitrogens is 1. The Morgan fingerprint density at radius 2 is 1.95 bits per heavy atom. The van der Waals surface area contributed by atoms with Crippen LogP contribution >= 0.6 is 0 Å². The maximum Gasteiger partial charge on any atom is 0.214 e. The minimum absolute atomic E-state index is 0.516. The quantitative estimate of drug-likeness (QED) is 0.669. The maximum atomic E-state index is 5.53. The summed E-state index contributed by atoms with van der Waals surface area (Å²) in [5.41, 5.74) is 3.40. The van der Waals surface area contributed by atoms with Gasteiger partial charge in [-0.25, -0.2) is 4.98 Å². The molecule has 1 aromatic heterocycles. The number of aryl methyl sites for hydroxylation is 3. The van der Waals surface area contributed by atoms with E-state index in [4.69, 9.17) is 4.42 Å². The smallest absolute Gasteiger partial charge is 0.214 e. The molecule has 21 heavy (non-hydrogen) atoms. The average Bonchev–Trinajstić information content (AvgIpc) is 2.78. The van der Waals surface area contributed by atoms with Gasteiger partial charge in [0.25, 0.3) is 0 Å². The first-order valence-corrected chi connectivity index (χ1v) is 7.01. The van der Waals surface area contributed by atoms with Crippen LogP contribution in [0.2, 0.25) is 0 Å². The molecule has 2 N–H and O–H groups in total. The molecule has 2 aromatic rings. The van der Waals surface area contributed by atoms with Gasteiger partial charge in [0.2, 0.25) is 5.89 Å². The second-order valence-corrected chi connectivity index (χ2v) is 5.02. The molecule has 0 atom stereocenters. The van der Waals surface area contributed by atoms with E-state index in [1.165, 1.54) is 11.1 Å². The fourth-order valence-corrected chi connectivity index (χ4v) is 2.00. The van der Waals surface area contributed by atoms with Gasteiger partial charge in [-0.1, -0.05) is 29.8 Å². The molecule has 0 amide bonds. The summed E-state index contributed by atoms with van der Waals surface area (Å²) in [6.45, 7) is 7.18. The van der Waals surface area contributed by atoms with Crippen molar-refractivity contribution in [2.45, 2.75) is 33.9 Å². The Hall–Kier alpha value is -2.30. The standard InChI is InChI=1S/C16H22N4O/c1-11-6-5-7-14(8-11)9-18-16(17-4)19-10-15-20-12(2)13(3)21-15/h5-8H,9-10H2,1-4H3,(H2,17,18,19). The lowest BCUT2D eigenvalue weighted by Gasteiger charge is -2.11. The Labute approximate surface area is 125 Å². The van der Waals surface area contributed by atoms with Crippen LogP contribution in [-0.4, -0.2) is 18.0 Å². The van der Waals surface area contributed by atoms with Gasteiger partial charge in [-0.3, -0.25) is 4.99 Å². The molecule has 0 radical (unpaired) electrons. The van der Waals surface area contributed by atoms with Crippen LogP contribution in [0.25, 0.3) is 0 Å². The van der Waals surface area contributed by atoms with E-state index in [1.807, 2.05) is 13.8 Å². The van der Waals surface area contributed by atoms with E-state index in [0.29, 0.717) is 12.4 Å². The molecule has 0 unspecified atom stereocenters. The molecule has 0 aliphatic rings. The van der Waals surface area contributed by atoms with Gasteiger partial charge >= 0.3 is 0 Å². The summed E-state index contributed by atoms with van der Waals surface area (Å²) in [4.78, 5) is 8.53. The third-order valence-corrected chi connectivity index (χ3v) is 3.25. The van der Waals surface area contributed by atoms with Crippen molar-refractivity contribution in [1.29, 1.82) is 0 Å². The lowest BCUT2D eigenvalue weighted by atomic mass is 10.1. The molecule has 0 bridgehead atoms. The Morgan fingerprint density at radius 1 is 1.19 bits per heavy atom. The zero-order chi connectivity index (χ0) is 15.2. The van der Waals surface area contributed by atoms with Crippen LogP contribution in [0, 0.1) is 20.8 Å². The first kappa shape index (κ1) is 15.1. The molecule has 5 heteroatoms. The van der Waals surface area contributed by atoms with Crippen LogP contribution in [0.5, 0.6) is 0 Å². The van der Waals surface area contributed by atoms with E-state index in [0.717, 1.165) is 24.0 Å². The molecule has 2 rings (SSSR count). The van der Waals surface area contributed by atoms with Crippen LogP contribution in [-0.2, 0) is 13.1 Å². The van der Waals surface area contributed by atoms with Crippen molar-refractivity contribution in [2.75, 3.05) is 7.05 Å². The predicted molar refractivity (Wildman–Crippen MR) is 84.2 cm³/mol. The van der Waals surface area contributed by atoms with Crippen LogP contribution in [0.15, 0.2) is 33.7 Å². The number of rotatable bonds is 4. The molecule has 0 saturated heterocycles. The average molecular weight is 286 g/mol.